The molecule has 0 saturated heterocycles. The van der Waals surface area contributed by atoms with E-state index in [2.05, 4.69) is 0 Å². The van der Waals surface area contributed by atoms with Crippen molar-refractivity contribution in [3.63, 3.8) is 0 Å². The molecule has 0 fully saturated rings. The van der Waals surface area contributed by atoms with Gasteiger partial charge in [0.1, 0.15) is 5.15 Å². The van der Waals surface area contributed by atoms with Gasteiger partial charge in [0.05, 0.1) is 10.5 Å². The van der Waals surface area contributed by atoms with Crippen LogP contribution in [0.1, 0.15) is 0 Å². The van der Waals surface area contributed by atoms with E-state index in [0.717, 1.165) is 10.9 Å². The fourth-order valence-corrected chi connectivity index (χ4v) is 1.80. The van der Waals surface area contributed by atoms with Gasteiger partial charge in [0.2, 0.25) is 0 Å². The summed E-state index contributed by atoms with van der Waals surface area (Å²) in [5.74, 6) is 0. The lowest BCUT2D eigenvalue weighted by Gasteiger charge is -1.94. The van der Waals surface area contributed by atoms with Crippen LogP contribution in [0.3, 0.4) is 0 Å². The minimum atomic E-state index is 0.595. The van der Waals surface area contributed by atoms with Crippen molar-refractivity contribution in [3.05, 3.63) is 34.4 Å². The number of halogens is 2. The Morgan fingerprint density at radius 3 is 2.50 bits per heavy atom. The molecule has 0 amide bonds. The van der Waals surface area contributed by atoms with Crippen LogP contribution in [0.4, 0.5) is 0 Å². The second-order valence-electron chi connectivity index (χ2n) is 2.68. The molecule has 0 aliphatic carbocycles. The minimum Gasteiger partial charge on any atom is -0.333 e. The Labute approximate surface area is 80.5 Å². The van der Waals surface area contributed by atoms with E-state index in [1.807, 2.05) is 35.9 Å². The second-order valence-corrected chi connectivity index (χ2v) is 3.42. The molecule has 3 heteroatoms. The van der Waals surface area contributed by atoms with Gasteiger partial charge in [0, 0.05) is 12.4 Å². The lowest BCUT2D eigenvalue weighted by Crippen LogP contribution is -1.84. The number of aryl methyl sites for hydroxylation is 1. The van der Waals surface area contributed by atoms with Crippen molar-refractivity contribution in [2.24, 2.45) is 7.05 Å². The Hall–Kier alpha value is -0.660. The average molecular weight is 200 g/mol. The van der Waals surface area contributed by atoms with E-state index in [1.165, 1.54) is 0 Å². The molecule has 12 heavy (non-hydrogen) atoms. The lowest BCUT2D eigenvalue weighted by molar-refractivity contribution is 0.970. The Morgan fingerprint density at radius 1 is 1.17 bits per heavy atom. The molecule has 2 rings (SSSR count). The number of rotatable bonds is 0. The molecular formula is C9H7Cl2N. The van der Waals surface area contributed by atoms with Gasteiger partial charge in [0.25, 0.3) is 0 Å². The summed E-state index contributed by atoms with van der Waals surface area (Å²) in [5, 5.41) is 2.24. The van der Waals surface area contributed by atoms with Crippen molar-refractivity contribution in [3.8, 4) is 0 Å². The van der Waals surface area contributed by atoms with Crippen molar-refractivity contribution in [1.82, 2.24) is 4.57 Å². The van der Waals surface area contributed by atoms with Crippen LogP contribution in [0.15, 0.2) is 24.3 Å². The van der Waals surface area contributed by atoms with E-state index >= 15 is 0 Å². The van der Waals surface area contributed by atoms with E-state index in [0.29, 0.717) is 10.2 Å². The third kappa shape index (κ3) is 0.936. The highest BCUT2D eigenvalue weighted by atomic mass is 35.5. The number of aromatic nitrogens is 1. The Balaban J connectivity index is 2.99. The number of hydrogen-bond acceptors (Lipinski definition) is 0. The molecule has 0 radical (unpaired) electrons. The van der Waals surface area contributed by atoms with Crippen LogP contribution in [0, 0.1) is 0 Å². The van der Waals surface area contributed by atoms with Crippen molar-refractivity contribution in [2.45, 2.75) is 0 Å². The molecule has 0 atom stereocenters. The fourth-order valence-electron chi connectivity index (χ4n) is 1.32. The van der Waals surface area contributed by atoms with E-state index < -0.39 is 0 Å². The highest BCUT2D eigenvalue weighted by Gasteiger charge is 2.09. The molecular weight excluding hydrogens is 193 g/mol. The zero-order valence-corrected chi connectivity index (χ0v) is 8.02. The molecule has 0 aliphatic rings. The van der Waals surface area contributed by atoms with Crippen molar-refractivity contribution < 1.29 is 0 Å². The van der Waals surface area contributed by atoms with Crippen molar-refractivity contribution in [2.75, 3.05) is 0 Å². The summed E-state index contributed by atoms with van der Waals surface area (Å²) >= 11 is 11.9. The third-order valence-electron chi connectivity index (χ3n) is 1.98. The second kappa shape index (κ2) is 2.68. The third-order valence-corrected chi connectivity index (χ3v) is 2.90. The van der Waals surface area contributed by atoms with Crippen LogP contribution in [-0.4, -0.2) is 4.57 Å². The Bertz CT molecular complexity index is 392. The number of benzene rings is 1. The first-order valence-corrected chi connectivity index (χ1v) is 4.36. The summed E-state index contributed by atoms with van der Waals surface area (Å²) in [5.41, 5.74) is 1.06. The molecule has 1 aromatic carbocycles. The van der Waals surface area contributed by atoms with Gasteiger partial charge < -0.3 is 4.57 Å². The van der Waals surface area contributed by atoms with E-state index in [4.69, 9.17) is 23.2 Å². The molecule has 0 unspecified atom stereocenters. The van der Waals surface area contributed by atoms with Gasteiger partial charge >= 0.3 is 0 Å². The first-order valence-electron chi connectivity index (χ1n) is 3.60. The maximum absolute atomic E-state index is 5.99. The van der Waals surface area contributed by atoms with E-state index in [-0.39, 0.29) is 0 Å². The molecule has 0 aliphatic heterocycles. The maximum Gasteiger partial charge on any atom is 0.128 e. The summed E-state index contributed by atoms with van der Waals surface area (Å²) in [7, 11) is 1.90. The number of para-hydroxylation sites is 1. The summed E-state index contributed by atoms with van der Waals surface area (Å²) in [6.07, 6.45) is 0. The zero-order valence-electron chi connectivity index (χ0n) is 6.51. The smallest absolute Gasteiger partial charge is 0.128 e. The molecule has 62 valence electrons. The van der Waals surface area contributed by atoms with Gasteiger partial charge in [-0.2, -0.15) is 0 Å². The van der Waals surface area contributed by atoms with Gasteiger partial charge in [-0.1, -0.05) is 41.4 Å². The van der Waals surface area contributed by atoms with Crippen molar-refractivity contribution >= 4 is 34.1 Å². The predicted molar refractivity (Wildman–Crippen MR) is 52.9 cm³/mol. The topological polar surface area (TPSA) is 4.93 Å². The average Bonchev–Trinajstić information content (AvgIpc) is 2.33. The Kier molecular flexibility index (Phi) is 1.78. The first kappa shape index (κ1) is 7.96. The van der Waals surface area contributed by atoms with Crippen LogP contribution >= 0.6 is 23.2 Å². The van der Waals surface area contributed by atoms with Gasteiger partial charge in [-0.05, 0) is 6.07 Å². The van der Waals surface area contributed by atoms with E-state index in [1.54, 1.807) is 0 Å². The van der Waals surface area contributed by atoms with Crippen LogP contribution in [0.25, 0.3) is 10.9 Å². The largest absolute Gasteiger partial charge is 0.333 e. The SMILES string of the molecule is Cn1c(Cl)c(Cl)c2ccccc21. The standard InChI is InChI=1S/C9H7Cl2N/c1-12-7-5-3-2-4-6(7)8(10)9(12)11/h2-5H,1H3. The summed E-state index contributed by atoms with van der Waals surface area (Å²) in [6.45, 7) is 0. The molecule has 1 aromatic heterocycles. The van der Waals surface area contributed by atoms with Gasteiger partial charge in [-0.25, -0.2) is 0 Å². The molecule has 0 saturated carbocycles. The fraction of sp³-hybridized carbons (Fsp3) is 0.111. The quantitative estimate of drug-likeness (QED) is 0.613. The van der Waals surface area contributed by atoms with Crippen LogP contribution in [0.5, 0.6) is 0 Å². The first-order chi connectivity index (χ1) is 5.72. The van der Waals surface area contributed by atoms with E-state index in [9.17, 15) is 0 Å². The minimum absolute atomic E-state index is 0.595. The highest BCUT2D eigenvalue weighted by molar-refractivity contribution is 6.45. The van der Waals surface area contributed by atoms with Crippen molar-refractivity contribution in [1.29, 1.82) is 0 Å². The summed E-state index contributed by atoms with van der Waals surface area (Å²) in [6, 6.07) is 7.87. The molecule has 2 aromatic rings. The van der Waals surface area contributed by atoms with Crippen LogP contribution in [0.2, 0.25) is 10.2 Å². The van der Waals surface area contributed by atoms with Gasteiger partial charge in [-0.3, -0.25) is 0 Å². The molecule has 0 spiro atoms. The predicted octanol–water partition coefficient (Wildman–Crippen LogP) is 3.49. The Morgan fingerprint density at radius 2 is 1.83 bits per heavy atom. The number of nitrogens with zero attached hydrogens (tertiary/aromatic N) is 1. The maximum atomic E-state index is 5.99. The molecule has 1 heterocycles. The van der Waals surface area contributed by atoms with Crippen LogP contribution < -0.4 is 0 Å². The molecule has 0 N–H and O–H groups in total. The monoisotopic (exact) mass is 199 g/mol. The highest BCUT2D eigenvalue weighted by Crippen LogP contribution is 2.32. The number of fused-ring (bicyclic) bond motifs is 1. The van der Waals surface area contributed by atoms with Gasteiger partial charge in [-0.15, -0.1) is 0 Å². The normalized spacial score (nSPS) is 10.9. The zero-order chi connectivity index (χ0) is 8.72. The summed E-state index contributed by atoms with van der Waals surface area (Å²) < 4.78 is 1.87. The van der Waals surface area contributed by atoms with Crippen LogP contribution in [-0.2, 0) is 7.05 Å². The molecule has 0 bridgehead atoms. The number of hydrogen-bond donors (Lipinski definition) is 0. The molecule has 1 nitrogen and oxygen atoms in total. The lowest BCUT2D eigenvalue weighted by atomic mass is 10.2. The summed E-state index contributed by atoms with van der Waals surface area (Å²) in [4.78, 5) is 0. The van der Waals surface area contributed by atoms with Gasteiger partial charge in [0.15, 0.2) is 0 Å².